The first-order valence-electron chi connectivity index (χ1n) is 7.57. The predicted octanol–water partition coefficient (Wildman–Crippen LogP) is 4.03. The molecule has 118 valence electrons. The minimum atomic E-state index is -0.0755. The molecule has 3 aromatic rings. The number of carbonyl (C=O) groups is 1. The number of hydrogen-bond donors (Lipinski definition) is 1. The zero-order valence-corrected chi connectivity index (χ0v) is 14.1. The molecule has 0 saturated carbocycles. The first-order valence-corrected chi connectivity index (χ1v) is 8.45. The molecular weight excluding hydrogens is 316 g/mol. The third kappa shape index (κ3) is 4.55. The van der Waals surface area contributed by atoms with Gasteiger partial charge in [-0.3, -0.25) is 4.79 Å². The fourth-order valence-electron chi connectivity index (χ4n) is 2.20. The van der Waals surface area contributed by atoms with E-state index < -0.39 is 0 Å². The fraction of sp³-hybridized carbons (Fsp3) is 0.100. The summed E-state index contributed by atoms with van der Waals surface area (Å²) in [7, 11) is 0. The Labute approximate surface area is 145 Å². The summed E-state index contributed by atoms with van der Waals surface area (Å²) in [5, 5.41) is 5.78. The van der Waals surface area contributed by atoms with Crippen molar-refractivity contribution in [3.8, 4) is 11.8 Å². The van der Waals surface area contributed by atoms with E-state index in [1.807, 2.05) is 66.9 Å². The molecule has 1 aromatic heterocycles. The average Bonchev–Trinajstić information content (AvgIpc) is 2.99. The third-order valence-corrected chi connectivity index (χ3v) is 4.10. The lowest BCUT2D eigenvalue weighted by Crippen LogP contribution is -2.14. The number of hydrogen-bond acceptors (Lipinski definition) is 3. The van der Waals surface area contributed by atoms with Crippen molar-refractivity contribution in [2.24, 2.45) is 0 Å². The lowest BCUT2D eigenvalue weighted by atomic mass is 10.1. The SMILES string of the molecule is Cc1nc(CC(=O)Nc2cccc(C#Cc3ccccc3)c2)cs1. The van der Waals surface area contributed by atoms with Gasteiger partial charge >= 0.3 is 0 Å². The third-order valence-electron chi connectivity index (χ3n) is 3.28. The van der Waals surface area contributed by atoms with E-state index in [-0.39, 0.29) is 12.3 Å². The Morgan fingerprint density at radius 2 is 1.83 bits per heavy atom. The Hall–Kier alpha value is -2.90. The van der Waals surface area contributed by atoms with Crippen molar-refractivity contribution in [3.63, 3.8) is 0 Å². The molecule has 0 aliphatic heterocycles. The number of nitrogens with zero attached hydrogens (tertiary/aromatic N) is 1. The van der Waals surface area contributed by atoms with E-state index >= 15 is 0 Å². The first kappa shape index (κ1) is 16.0. The Bertz CT molecular complexity index is 904. The number of rotatable bonds is 3. The standard InChI is InChI=1S/C20H16N2OS/c1-15-21-19(14-24-15)13-20(23)22-18-9-5-8-17(12-18)11-10-16-6-3-2-4-7-16/h2-9,12,14H,13H2,1H3,(H,22,23). The van der Waals surface area contributed by atoms with Crippen LogP contribution in [-0.4, -0.2) is 10.9 Å². The molecule has 1 heterocycles. The molecule has 1 amide bonds. The molecular formula is C20H16N2OS. The largest absolute Gasteiger partial charge is 0.326 e. The van der Waals surface area contributed by atoms with Gasteiger partial charge in [-0.15, -0.1) is 11.3 Å². The number of anilines is 1. The lowest BCUT2D eigenvalue weighted by Gasteiger charge is -2.04. The van der Waals surface area contributed by atoms with Gasteiger partial charge in [0.25, 0.3) is 0 Å². The molecule has 1 N–H and O–H groups in total. The van der Waals surface area contributed by atoms with Gasteiger partial charge in [0.1, 0.15) is 0 Å². The van der Waals surface area contributed by atoms with Gasteiger partial charge in [-0.05, 0) is 37.3 Å². The van der Waals surface area contributed by atoms with Gasteiger partial charge < -0.3 is 5.32 Å². The quantitative estimate of drug-likeness (QED) is 0.736. The normalized spacial score (nSPS) is 9.88. The van der Waals surface area contributed by atoms with E-state index in [0.717, 1.165) is 27.5 Å². The summed E-state index contributed by atoms with van der Waals surface area (Å²) in [4.78, 5) is 16.4. The Morgan fingerprint density at radius 1 is 1.08 bits per heavy atom. The van der Waals surface area contributed by atoms with Crippen molar-refractivity contribution in [1.82, 2.24) is 4.98 Å². The van der Waals surface area contributed by atoms with Crippen molar-refractivity contribution >= 4 is 22.9 Å². The monoisotopic (exact) mass is 332 g/mol. The van der Waals surface area contributed by atoms with E-state index in [4.69, 9.17) is 0 Å². The molecule has 3 rings (SSSR count). The molecule has 0 unspecified atom stereocenters. The van der Waals surface area contributed by atoms with E-state index in [1.165, 1.54) is 0 Å². The summed E-state index contributed by atoms with van der Waals surface area (Å²) in [6.07, 6.45) is 0.282. The van der Waals surface area contributed by atoms with Crippen LogP contribution in [0.25, 0.3) is 0 Å². The summed E-state index contributed by atoms with van der Waals surface area (Å²) in [5.41, 5.74) is 3.37. The number of nitrogens with one attached hydrogen (secondary N) is 1. The highest BCUT2D eigenvalue weighted by molar-refractivity contribution is 7.09. The number of aryl methyl sites for hydroxylation is 1. The highest BCUT2D eigenvalue weighted by atomic mass is 32.1. The van der Waals surface area contributed by atoms with Crippen LogP contribution in [0.3, 0.4) is 0 Å². The maximum Gasteiger partial charge on any atom is 0.230 e. The van der Waals surface area contributed by atoms with Crippen molar-refractivity contribution < 1.29 is 4.79 Å². The van der Waals surface area contributed by atoms with Crippen molar-refractivity contribution in [1.29, 1.82) is 0 Å². The van der Waals surface area contributed by atoms with Crippen molar-refractivity contribution in [2.75, 3.05) is 5.32 Å². The van der Waals surface area contributed by atoms with Gasteiger partial charge in [0.2, 0.25) is 5.91 Å². The van der Waals surface area contributed by atoms with Gasteiger partial charge in [0.15, 0.2) is 0 Å². The second-order valence-corrected chi connectivity index (χ2v) is 6.34. The lowest BCUT2D eigenvalue weighted by molar-refractivity contribution is -0.115. The van der Waals surface area contributed by atoms with E-state index in [0.29, 0.717) is 0 Å². The van der Waals surface area contributed by atoms with Crippen LogP contribution in [-0.2, 0) is 11.2 Å². The van der Waals surface area contributed by atoms with Gasteiger partial charge in [-0.25, -0.2) is 4.98 Å². The number of carbonyl (C=O) groups excluding carboxylic acids is 1. The number of thiazole rings is 1. The molecule has 0 spiro atoms. The minimum absolute atomic E-state index is 0.0755. The van der Waals surface area contributed by atoms with Crippen molar-refractivity contribution in [3.05, 3.63) is 81.8 Å². The Kier molecular flexibility index (Phi) is 5.05. The molecule has 0 aliphatic carbocycles. The molecule has 0 bridgehead atoms. The molecule has 0 aliphatic rings. The van der Waals surface area contributed by atoms with Gasteiger partial charge in [0.05, 0.1) is 17.1 Å². The van der Waals surface area contributed by atoms with Crippen LogP contribution in [0.4, 0.5) is 5.69 Å². The molecule has 0 atom stereocenters. The molecule has 4 heteroatoms. The Balaban J connectivity index is 1.67. The Morgan fingerprint density at radius 3 is 2.58 bits per heavy atom. The summed E-state index contributed by atoms with van der Waals surface area (Å²) in [5.74, 6) is 6.15. The second kappa shape index (κ2) is 7.58. The maximum absolute atomic E-state index is 12.1. The van der Waals surface area contributed by atoms with Crippen LogP contribution in [0.1, 0.15) is 21.8 Å². The van der Waals surface area contributed by atoms with Gasteiger partial charge in [0, 0.05) is 22.2 Å². The minimum Gasteiger partial charge on any atom is -0.326 e. The van der Waals surface area contributed by atoms with E-state index in [2.05, 4.69) is 22.1 Å². The molecule has 0 fully saturated rings. The van der Waals surface area contributed by atoms with Crippen LogP contribution >= 0.6 is 11.3 Å². The van der Waals surface area contributed by atoms with Crippen LogP contribution in [0.5, 0.6) is 0 Å². The molecule has 3 nitrogen and oxygen atoms in total. The maximum atomic E-state index is 12.1. The van der Waals surface area contributed by atoms with E-state index in [1.54, 1.807) is 11.3 Å². The molecule has 0 radical (unpaired) electrons. The van der Waals surface area contributed by atoms with Crippen LogP contribution in [0.2, 0.25) is 0 Å². The summed E-state index contributed by atoms with van der Waals surface area (Å²) >= 11 is 1.55. The summed E-state index contributed by atoms with van der Waals surface area (Å²) in [6.45, 7) is 1.93. The second-order valence-electron chi connectivity index (χ2n) is 5.28. The van der Waals surface area contributed by atoms with Gasteiger partial charge in [-0.1, -0.05) is 36.1 Å². The first-order chi connectivity index (χ1) is 11.7. The predicted molar refractivity (Wildman–Crippen MR) is 98.0 cm³/mol. The van der Waals surface area contributed by atoms with Crippen molar-refractivity contribution in [2.45, 2.75) is 13.3 Å². The fourth-order valence-corrected chi connectivity index (χ4v) is 2.81. The smallest absolute Gasteiger partial charge is 0.230 e. The highest BCUT2D eigenvalue weighted by Gasteiger charge is 2.07. The zero-order chi connectivity index (χ0) is 16.8. The summed E-state index contributed by atoms with van der Waals surface area (Å²) in [6, 6.07) is 17.4. The summed E-state index contributed by atoms with van der Waals surface area (Å²) < 4.78 is 0. The topological polar surface area (TPSA) is 42.0 Å². The highest BCUT2D eigenvalue weighted by Crippen LogP contribution is 2.12. The van der Waals surface area contributed by atoms with Crippen LogP contribution in [0, 0.1) is 18.8 Å². The number of aromatic nitrogens is 1. The van der Waals surface area contributed by atoms with Crippen LogP contribution < -0.4 is 5.32 Å². The van der Waals surface area contributed by atoms with Gasteiger partial charge in [-0.2, -0.15) is 0 Å². The number of amides is 1. The van der Waals surface area contributed by atoms with E-state index in [9.17, 15) is 4.79 Å². The molecule has 2 aromatic carbocycles. The number of benzene rings is 2. The molecule has 24 heavy (non-hydrogen) atoms. The average molecular weight is 332 g/mol. The zero-order valence-electron chi connectivity index (χ0n) is 13.2. The molecule has 0 saturated heterocycles. The van der Waals surface area contributed by atoms with Crippen LogP contribution in [0.15, 0.2) is 60.0 Å².